The van der Waals surface area contributed by atoms with Crippen molar-refractivity contribution in [1.82, 2.24) is 0 Å². The van der Waals surface area contributed by atoms with E-state index in [2.05, 4.69) is 0 Å². The van der Waals surface area contributed by atoms with Crippen LogP contribution in [0.1, 0.15) is 12.8 Å². The fourth-order valence-corrected chi connectivity index (χ4v) is 1.63. The Morgan fingerprint density at radius 2 is 1.82 bits per heavy atom. The average Bonchev–Trinajstić information content (AvgIpc) is 2.58. The van der Waals surface area contributed by atoms with Crippen LogP contribution in [0.15, 0.2) is 0 Å². The molecule has 0 radical (unpaired) electrons. The van der Waals surface area contributed by atoms with Crippen LogP contribution in [-0.4, -0.2) is 32.7 Å². The van der Waals surface area contributed by atoms with Gasteiger partial charge in [-0.1, -0.05) is 0 Å². The molecular weight excluding hydrogens is 144 g/mol. The molecule has 2 rings (SSSR count). The lowest BCUT2D eigenvalue weighted by atomic mass is 10.0. The summed E-state index contributed by atoms with van der Waals surface area (Å²) in [7, 11) is 0. The van der Waals surface area contributed by atoms with Crippen molar-refractivity contribution in [3.05, 3.63) is 0 Å². The van der Waals surface area contributed by atoms with Crippen molar-refractivity contribution in [1.29, 1.82) is 0 Å². The molecule has 0 N–H and O–H groups in total. The van der Waals surface area contributed by atoms with E-state index in [0.29, 0.717) is 5.92 Å². The molecule has 0 saturated carbocycles. The zero-order chi connectivity index (χ0) is 7.52. The van der Waals surface area contributed by atoms with Crippen LogP contribution in [0, 0.1) is 5.92 Å². The summed E-state index contributed by atoms with van der Waals surface area (Å²) in [5, 5.41) is 0. The first-order chi connectivity index (χ1) is 5.47. The van der Waals surface area contributed by atoms with Gasteiger partial charge in [0.25, 0.3) is 0 Å². The first-order valence-electron chi connectivity index (χ1n) is 4.28. The summed E-state index contributed by atoms with van der Waals surface area (Å²) in [6.07, 6.45) is 2.36. The zero-order valence-electron chi connectivity index (χ0n) is 6.62. The van der Waals surface area contributed by atoms with E-state index < -0.39 is 0 Å². The van der Waals surface area contributed by atoms with Gasteiger partial charge in [0, 0.05) is 12.5 Å². The average molecular weight is 158 g/mol. The third kappa shape index (κ3) is 1.72. The van der Waals surface area contributed by atoms with Crippen LogP contribution < -0.4 is 0 Å². The second kappa shape index (κ2) is 3.52. The molecule has 64 valence electrons. The predicted octanol–water partition coefficient (Wildman–Crippen LogP) is 0.786. The molecule has 0 aromatic rings. The summed E-state index contributed by atoms with van der Waals surface area (Å²) in [5.74, 6) is 0.478. The van der Waals surface area contributed by atoms with Crippen LogP contribution in [0.4, 0.5) is 0 Å². The Morgan fingerprint density at radius 3 is 2.45 bits per heavy atom. The minimum absolute atomic E-state index is 0.0234. The summed E-state index contributed by atoms with van der Waals surface area (Å²) in [6, 6.07) is 0. The molecule has 2 aliphatic rings. The lowest BCUT2D eigenvalue weighted by Crippen LogP contribution is -2.29. The highest BCUT2D eigenvalue weighted by molar-refractivity contribution is 4.68. The minimum Gasteiger partial charge on any atom is -0.381 e. The van der Waals surface area contributed by atoms with Crippen molar-refractivity contribution in [2.45, 2.75) is 19.1 Å². The number of ether oxygens (including phenoxy) is 3. The molecule has 2 saturated heterocycles. The van der Waals surface area contributed by atoms with Crippen LogP contribution in [0.25, 0.3) is 0 Å². The summed E-state index contributed by atoms with van der Waals surface area (Å²) in [5.41, 5.74) is 0. The first-order valence-corrected chi connectivity index (χ1v) is 4.28. The van der Waals surface area contributed by atoms with Crippen molar-refractivity contribution in [3.63, 3.8) is 0 Å². The van der Waals surface area contributed by atoms with Gasteiger partial charge in [0.2, 0.25) is 0 Å². The molecule has 2 fully saturated rings. The predicted molar refractivity (Wildman–Crippen MR) is 39.2 cm³/mol. The quantitative estimate of drug-likeness (QED) is 0.564. The molecule has 0 aliphatic carbocycles. The highest BCUT2D eigenvalue weighted by atomic mass is 16.7. The van der Waals surface area contributed by atoms with Gasteiger partial charge >= 0.3 is 0 Å². The Morgan fingerprint density at radius 1 is 1.00 bits per heavy atom. The second-order valence-corrected chi connectivity index (χ2v) is 3.09. The lowest BCUT2D eigenvalue weighted by molar-refractivity contribution is -0.119. The van der Waals surface area contributed by atoms with Gasteiger partial charge in [0.15, 0.2) is 6.29 Å². The van der Waals surface area contributed by atoms with Gasteiger partial charge < -0.3 is 14.2 Å². The summed E-state index contributed by atoms with van der Waals surface area (Å²) < 4.78 is 16.1. The molecule has 3 nitrogen and oxygen atoms in total. The minimum atomic E-state index is 0.0234. The molecule has 11 heavy (non-hydrogen) atoms. The number of hydrogen-bond acceptors (Lipinski definition) is 3. The van der Waals surface area contributed by atoms with Gasteiger partial charge in [-0.3, -0.25) is 0 Å². The van der Waals surface area contributed by atoms with E-state index in [1.54, 1.807) is 0 Å². The molecule has 0 aromatic carbocycles. The smallest absolute Gasteiger partial charge is 0.162 e. The van der Waals surface area contributed by atoms with Crippen LogP contribution >= 0.6 is 0 Å². The normalized spacial score (nSPS) is 34.4. The molecule has 2 heterocycles. The SMILES string of the molecule is C1COCC(C2OCCO2)C1. The highest BCUT2D eigenvalue weighted by Crippen LogP contribution is 2.22. The van der Waals surface area contributed by atoms with E-state index in [-0.39, 0.29) is 6.29 Å². The van der Waals surface area contributed by atoms with E-state index in [9.17, 15) is 0 Å². The molecule has 1 unspecified atom stereocenters. The molecule has 3 heteroatoms. The van der Waals surface area contributed by atoms with E-state index >= 15 is 0 Å². The molecular formula is C8H14O3. The maximum Gasteiger partial charge on any atom is 0.162 e. The van der Waals surface area contributed by atoms with Crippen LogP contribution in [0.5, 0.6) is 0 Å². The van der Waals surface area contributed by atoms with Crippen molar-refractivity contribution >= 4 is 0 Å². The molecule has 0 aromatic heterocycles. The van der Waals surface area contributed by atoms with Gasteiger partial charge in [-0.25, -0.2) is 0 Å². The van der Waals surface area contributed by atoms with Crippen LogP contribution in [0.3, 0.4) is 0 Å². The van der Waals surface area contributed by atoms with E-state index in [0.717, 1.165) is 32.8 Å². The van der Waals surface area contributed by atoms with E-state index in [1.165, 1.54) is 6.42 Å². The Labute approximate surface area is 66.6 Å². The van der Waals surface area contributed by atoms with Gasteiger partial charge in [0.1, 0.15) is 0 Å². The highest BCUT2D eigenvalue weighted by Gasteiger charge is 2.28. The van der Waals surface area contributed by atoms with Crippen LogP contribution in [0.2, 0.25) is 0 Å². The molecule has 0 spiro atoms. The lowest BCUT2D eigenvalue weighted by Gasteiger charge is -2.25. The first kappa shape index (κ1) is 7.53. The fourth-order valence-electron chi connectivity index (χ4n) is 1.63. The standard InChI is InChI=1S/C8H14O3/c1-2-7(6-9-3-1)8-10-4-5-11-8/h7-8H,1-6H2. The Balaban J connectivity index is 1.82. The topological polar surface area (TPSA) is 27.7 Å². The molecule has 2 aliphatic heterocycles. The van der Waals surface area contributed by atoms with Gasteiger partial charge in [-0.05, 0) is 12.8 Å². The van der Waals surface area contributed by atoms with Crippen molar-refractivity contribution in [2.24, 2.45) is 5.92 Å². The molecule has 0 amide bonds. The fraction of sp³-hybridized carbons (Fsp3) is 1.00. The monoisotopic (exact) mass is 158 g/mol. The van der Waals surface area contributed by atoms with Gasteiger partial charge in [0.05, 0.1) is 19.8 Å². The van der Waals surface area contributed by atoms with E-state index in [1.807, 2.05) is 0 Å². The third-order valence-electron chi connectivity index (χ3n) is 2.23. The Hall–Kier alpha value is -0.120. The second-order valence-electron chi connectivity index (χ2n) is 3.09. The van der Waals surface area contributed by atoms with Crippen LogP contribution in [-0.2, 0) is 14.2 Å². The maximum absolute atomic E-state index is 5.39. The van der Waals surface area contributed by atoms with Gasteiger partial charge in [-0.2, -0.15) is 0 Å². The Bertz CT molecular complexity index is 115. The maximum atomic E-state index is 5.39. The van der Waals surface area contributed by atoms with Crippen molar-refractivity contribution in [3.8, 4) is 0 Å². The zero-order valence-corrected chi connectivity index (χ0v) is 6.62. The Kier molecular flexibility index (Phi) is 2.41. The summed E-state index contributed by atoms with van der Waals surface area (Å²) in [4.78, 5) is 0. The summed E-state index contributed by atoms with van der Waals surface area (Å²) >= 11 is 0. The number of rotatable bonds is 1. The van der Waals surface area contributed by atoms with Gasteiger partial charge in [-0.15, -0.1) is 0 Å². The molecule has 1 atom stereocenters. The summed E-state index contributed by atoms with van der Waals surface area (Å²) in [6.45, 7) is 3.22. The third-order valence-corrected chi connectivity index (χ3v) is 2.23. The number of hydrogen-bond donors (Lipinski definition) is 0. The molecule has 0 bridgehead atoms. The van der Waals surface area contributed by atoms with Crippen molar-refractivity contribution in [2.75, 3.05) is 26.4 Å². The van der Waals surface area contributed by atoms with E-state index in [4.69, 9.17) is 14.2 Å². The van der Waals surface area contributed by atoms with Crippen molar-refractivity contribution < 1.29 is 14.2 Å². The largest absolute Gasteiger partial charge is 0.381 e.